The van der Waals surface area contributed by atoms with Gasteiger partial charge in [-0.15, -0.1) is 0 Å². The third kappa shape index (κ3) is 3.28. The smallest absolute Gasteiger partial charge is 0.0719 e. The van der Waals surface area contributed by atoms with E-state index in [0.29, 0.717) is 12.0 Å². The molecule has 2 aromatic carbocycles. The highest BCUT2D eigenvalue weighted by atomic mass is 16.5. The van der Waals surface area contributed by atoms with Crippen LogP contribution in [-0.2, 0) is 16.8 Å². The summed E-state index contributed by atoms with van der Waals surface area (Å²) in [4.78, 5) is 0. The summed E-state index contributed by atoms with van der Waals surface area (Å²) >= 11 is 0. The van der Waals surface area contributed by atoms with Crippen molar-refractivity contribution < 1.29 is 4.74 Å². The molecule has 1 nitrogen and oxygen atoms in total. The van der Waals surface area contributed by atoms with Crippen molar-refractivity contribution in [2.45, 2.75) is 58.5 Å². The summed E-state index contributed by atoms with van der Waals surface area (Å²) in [6, 6.07) is 19.5. The number of rotatable bonds is 6. The van der Waals surface area contributed by atoms with Gasteiger partial charge in [-0.3, -0.25) is 0 Å². The SMILES string of the molecule is Cc1ccccc1COC[C@](C)(c1ccccc1)C1(C)CCCC1. The van der Waals surface area contributed by atoms with Crippen LogP contribution in [0.25, 0.3) is 0 Å². The molecule has 2 aromatic rings. The molecule has 0 aromatic heterocycles. The molecular weight excluding hydrogens is 292 g/mol. The molecule has 0 heterocycles. The summed E-state index contributed by atoms with van der Waals surface area (Å²) in [6.07, 6.45) is 5.28. The van der Waals surface area contributed by atoms with E-state index in [1.807, 2.05) is 0 Å². The predicted octanol–water partition coefficient (Wildman–Crippen LogP) is 6.05. The van der Waals surface area contributed by atoms with Crippen molar-refractivity contribution in [3.05, 3.63) is 71.3 Å². The Balaban J connectivity index is 1.80. The molecule has 1 fully saturated rings. The Labute approximate surface area is 147 Å². The van der Waals surface area contributed by atoms with Crippen LogP contribution in [-0.4, -0.2) is 6.61 Å². The van der Waals surface area contributed by atoms with Crippen LogP contribution in [0.3, 0.4) is 0 Å². The van der Waals surface area contributed by atoms with Crippen molar-refractivity contribution >= 4 is 0 Å². The molecule has 0 radical (unpaired) electrons. The van der Waals surface area contributed by atoms with E-state index in [9.17, 15) is 0 Å². The molecule has 0 unspecified atom stereocenters. The molecule has 1 aliphatic carbocycles. The van der Waals surface area contributed by atoms with Crippen molar-refractivity contribution in [3.8, 4) is 0 Å². The van der Waals surface area contributed by atoms with E-state index < -0.39 is 0 Å². The molecule has 0 spiro atoms. The largest absolute Gasteiger partial charge is 0.376 e. The first-order chi connectivity index (χ1) is 11.6. The first-order valence-electron chi connectivity index (χ1n) is 9.23. The van der Waals surface area contributed by atoms with E-state index in [-0.39, 0.29) is 5.41 Å². The fourth-order valence-corrected chi connectivity index (χ4v) is 4.26. The molecule has 1 aliphatic rings. The minimum Gasteiger partial charge on any atom is -0.376 e. The lowest BCUT2D eigenvalue weighted by atomic mass is 9.61. The third-order valence-corrected chi connectivity index (χ3v) is 6.36. The van der Waals surface area contributed by atoms with Crippen LogP contribution in [0.15, 0.2) is 54.6 Å². The van der Waals surface area contributed by atoms with Gasteiger partial charge in [-0.1, -0.05) is 81.3 Å². The summed E-state index contributed by atoms with van der Waals surface area (Å²) in [5, 5.41) is 0. The van der Waals surface area contributed by atoms with Gasteiger partial charge in [0, 0.05) is 5.41 Å². The molecule has 0 aliphatic heterocycles. The fraction of sp³-hybridized carbons (Fsp3) is 0.478. The van der Waals surface area contributed by atoms with Crippen molar-refractivity contribution in [1.29, 1.82) is 0 Å². The second-order valence-electron chi connectivity index (χ2n) is 7.89. The molecule has 128 valence electrons. The van der Waals surface area contributed by atoms with Crippen molar-refractivity contribution in [3.63, 3.8) is 0 Å². The quantitative estimate of drug-likeness (QED) is 0.629. The Kier molecular flexibility index (Phi) is 5.10. The van der Waals surface area contributed by atoms with E-state index in [4.69, 9.17) is 4.74 Å². The van der Waals surface area contributed by atoms with E-state index >= 15 is 0 Å². The summed E-state index contributed by atoms with van der Waals surface area (Å²) in [6.45, 7) is 8.51. The van der Waals surface area contributed by atoms with Crippen LogP contribution in [0.1, 0.15) is 56.2 Å². The molecule has 0 amide bonds. The highest BCUT2D eigenvalue weighted by Gasteiger charge is 2.47. The Morgan fingerprint density at radius 3 is 2.25 bits per heavy atom. The van der Waals surface area contributed by atoms with Crippen LogP contribution in [0.2, 0.25) is 0 Å². The lowest BCUT2D eigenvalue weighted by Gasteiger charge is -2.45. The molecule has 1 atom stereocenters. The van der Waals surface area contributed by atoms with Crippen molar-refractivity contribution in [2.75, 3.05) is 6.61 Å². The third-order valence-electron chi connectivity index (χ3n) is 6.36. The summed E-state index contributed by atoms with van der Waals surface area (Å²) in [5.41, 5.74) is 4.41. The van der Waals surface area contributed by atoms with Gasteiger partial charge in [-0.25, -0.2) is 0 Å². The average molecular weight is 322 g/mol. The highest BCUT2D eigenvalue weighted by Crippen LogP contribution is 2.52. The van der Waals surface area contributed by atoms with Crippen LogP contribution < -0.4 is 0 Å². The van der Waals surface area contributed by atoms with Gasteiger partial charge in [0.05, 0.1) is 13.2 Å². The first kappa shape index (κ1) is 17.2. The zero-order valence-electron chi connectivity index (χ0n) is 15.3. The molecular formula is C23H30O. The Hall–Kier alpha value is -1.60. The van der Waals surface area contributed by atoms with Gasteiger partial charge in [0.1, 0.15) is 0 Å². The van der Waals surface area contributed by atoms with E-state index in [2.05, 4.69) is 75.4 Å². The van der Waals surface area contributed by atoms with Crippen LogP contribution >= 0.6 is 0 Å². The average Bonchev–Trinajstić information content (AvgIpc) is 3.05. The molecule has 0 N–H and O–H groups in total. The van der Waals surface area contributed by atoms with E-state index in [0.717, 1.165) is 6.61 Å². The number of hydrogen-bond donors (Lipinski definition) is 0. The predicted molar refractivity (Wildman–Crippen MR) is 101 cm³/mol. The zero-order chi connectivity index (χ0) is 17.0. The number of aryl methyl sites for hydroxylation is 1. The van der Waals surface area contributed by atoms with Crippen LogP contribution in [0.4, 0.5) is 0 Å². The molecule has 3 rings (SSSR count). The normalized spacial score (nSPS) is 19.1. The van der Waals surface area contributed by atoms with Gasteiger partial charge in [-0.05, 0) is 41.9 Å². The number of ether oxygens (including phenoxy) is 1. The number of benzene rings is 2. The fourth-order valence-electron chi connectivity index (χ4n) is 4.26. The van der Waals surface area contributed by atoms with Crippen molar-refractivity contribution in [1.82, 2.24) is 0 Å². The molecule has 1 heteroatoms. The second kappa shape index (κ2) is 7.11. The summed E-state index contributed by atoms with van der Waals surface area (Å²) < 4.78 is 6.30. The first-order valence-corrected chi connectivity index (χ1v) is 9.23. The Morgan fingerprint density at radius 2 is 1.58 bits per heavy atom. The Bertz CT molecular complexity index is 655. The summed E-state index contributed by atoms with van der Waals surface area (Å²) in [5.74, 6) is 0. The van der Waals surface area contributed by atoms with E-state index in [1.165, 1.54) is 42.4 Å². The lowest BCUT2D eigenvalue weighted by molar-refractivity contribution is 0.0169. The lowest BCUT2D eigenvalue weighted by Crippen LogP contribution is -2.43. The minimum absolute atomic E-state index is 0.0629. The van der Waals surface area contributed by atoms with Gasteiger partial charge in [0.15, 0.2) is 0 Å². The van der Waals surface area contributed by atoms with E-state index in [1.54, 1.807) is 0 Å². The topological polar surface area (TPSA) is 9.23 Å². The minimum atomic E-state index is 0.0629. The molecule has 24 heavy (non-hydrogen) atoms. The standard InChI is InChI=1S/C23H30O/c1-19-11-7-8-12-20(19)17-24-18-23(3,21-13-5-4-6-14-21)22(2)15-9-10-16-22/h4-8,11-14H,9-10,15-18H2,1-3H3/t23-/m1/s1. The second-order valence-corrected chi connectivity index (χ2v) is 7.89. The molecule has 1 saturated carbocycles. The maximum atomic E-state index is 6.30. The zero-order valence-corrected chi connectivity index (χ0v) is 15.3. The van der Waals surface area contributed by atoms with Gasteiger partial charge >= 0.3 is 0 Å². The Morgan fingerprint density at radius 1 is 0.958 bits per heavy atom. The number of hydrogen-bond acceptors (Lipinski definition) is 1. The molecule has 0 bridgehead atoms. The van der Waals surface area contributed by atoms with Gasteiger partial charge in [0.2, 0.25) is 0 Å². The van der Waals surface area contributed by atoms with Crippen LogP contribution in [0.5, 0.6) is 0 Å². The van der Waals surface area contributed by atoms with Gasteiger partial charge in [-0.2, -0.15) is 0 Å². The maximum Gasteiger partial charge on any atom is 0.0719 e. The van der Waals surface area contributed by atoms with Crippen LogP contribution in [0, 0.1) is 12.3 Å². The molecule has 0 saturated heterocycles. The summed E-state index contributed by atoms with van der Waals surface area (Å²) in [7, 11) is 0. The maximum absolute atomic E-state index is 6.30. The monoisotopic (exact) mass is 322 g/mol. The van der Waals surface area contributed by atoms with Crippen molar-refractivity contribution in [2.24, 2.45) is 5.41 Å². The highest BCUT2D eigenvalue weighted by molar-refractivity contribution is 5.29. The van der Waals surface area contributed by atoms with Gasteiger partial charge < -0.3 is 4.74 Å². The van der Waals surface area contributed by atoms with Gasteiger partial charge in [0.25, 0.3) is 0 Å².